The maximum absolute atomic E-state index is 12.3. The lowest BCUT2D eigenvalue weighted by atomic mass is 10.2. The molecule has 7 heteroatoms. The van der Waals surface area contributed by atoms with Gasteiger partial charge < -0.3 is 14.6 Å². The van der Waals surface area contributed by atoms with Crippen molar-refractivity contribution < 1.29 is 9.21 Å². The molecule has 0 bridgehead atoms. The third kappa shape index (κ3) is 4.16. The van der Waals surface area contributed by atoms with Crippen molar-refractivity contribution in [3.05, 3.63) is 65.0 Å². The Bertz CT molecular complexity index is 880. The van der Waals surface area contributed by atoms with Crippen molar-refractivity contribution in [1.29, 1.82) is 0 Å². The van der Waals surface area contributed by atoms with E-state index >= 15 is 0 Å². The minimum Gasteiger partial charge on any atom is -0.419 e. The highest BCUT2D eigenvalue weighted by Gasteiger charge is 2.15. The van der Waals surface area contributed by atoms with Crippen molar-refractivity contribution in [3.63, 3.8) is 0 Å². The Morgan fingerprint density at radius 3 is 2.68 bits per heavy atom. The number of halogens is 1. The summed E-state index contributed by atoms with van der Waals surface area (Å²) in [5.74, 6) is 0.785. The van der Waals surface area contributed by atoms with Crippen LogP contribution in [-0.4, -0.2) is 28.2 Å². The van der Waals surface area contributed by atoms with Crippen LogP contribution in [-0.2, 0) is 6.54 Å². The van der Waals surface area contributed by atoms with Crippen LogP contribution >= 0.6 is 11.6 Å². The van der Waals surface area contributed by atoms with Crippen molar-refractivity contribution in [2.45, 2.75) is 13.5 Å². The van der Waals surface area contributed by atoms with E-state index in [1.807, 2.05) is 43.3 Å². The fourth-order valence-electron chi connectivity index (χ4n) is 2.18. The number of amides is 2. The smallest absolute Gasteiger partial charge is 0.322 e. The van der Waals surface area contributed by atoms with Gasteiger partial charge in [-0.15, -0.1) is 10.2 Å². The molecule has 2 amide bonds. The summed E-state index contributed by atoms with van der Waals surface area (Å²) in [6.45, 7) is 2.10. The summed E-state index contributed by atoms with van der Waals surface area (Å²) in [7, 11) is 1.65. The first-order valence-electron chi connectivity index (χ1n) is 7.69. The van der Waals surface area contributed by atoms with Gasteiger partial charge in [0, 0.05) is 23.3 Å². The van der Waals surface area contributed by atoms with Gasteiger partial charge in [-0.05, 0) is 36.8 Å². The van der Waals surface area contributed by atoms with Gasteiger partial charge in [0.05, 0.1) is 0 Å². The van der Waals surface area contributed by atoms with Crippen LogP contribution in [0, 0.1) is 6.92 Å². The van der Waals surface area contributed by atoms with Gasteiger partial charge in [0.1, 0.15) is 6.54 Å². The van der Waals surface area contributed by atoms with E-state index in [2.05, 4.69) is 15.5 Å². The van der Waals surface area contributed by atoms with Gasteiger partial charge in [0.15, 0.2) is 0 Å². The molecule has 0 saturated heterocycles. The number of hydrogen-bond donors (Lipinski definition) is 1. The highest BCUT2D eigenvalue weighted by Crippen LogP contribution is 2.21. The lowest BCUT2D eigenvalue weighted by Crippen LogP contribution is -2.30. The van der Waals surface area contributed by atoms with Crippen LogP contribution in [0.2, 0.25) is 5.02 Å². The minimum absolute atomic E-state index is 0.200. The number of rotatable bonds is 4. The Morgan fingerprint density at radius 2 is 1.96 bits per heavy atom. The first-order valence-corrected chi connectivity index (χ1v) is 8.07. The predicted octanol–water partition coefficient (Wildman–Crippen LogP) is 4.36. The van der Waals surface area contributed by atoms with Gasteiger partial charge >= 0.3 is 6.03 Å². The van der Waals surface area contributed by atoms with Crippen molar-refractivity contribution in [1.82, 2.24) is 15.1 Å². The lowest BCUT2D eigenvalue weighted by molar-refractivity contribution is 0.216. The highest BCUT2D eigenvalue weighted by molar-refractivity contribution is 6.31. The second-order valence-electron chi connectivity index (χ2n) is 5.62. The van der Waals surface area contributed by atoms with Gasteiger partial charge in [-0.25, -0.2) is 4.79 Å². The quantitative estimate of drug-likeness (QED) is 0.753. The zero-order valence-electron chi connectivity index (χ0n) is 13.9. The molecule has 128 valence electrons. The van der Waals surface area contributed by atoms with Gasteiger partial charge in [0.25, 0.3) is 0 Å². The zero-order chi connectivity index (χ0) is 17.8. The molecular formula is C18H17ClN4O2. The summed E-state index contributed by atoms with van der Waals surface area (Å²) in [6.07, 6.45) is 0. The molecule has 25 heavy (non-hydrogen) atoms. The van der Waals surface area contributed by atoms with Gasteiger partial charge in [-0.1, -0.05) is 35.9 Å². The first kappa shape index (κ1) is 17.0. The van der Waals surface area contributed by atoms with Crippen LogP contribution in [0.1, 0.15) is 11.5 Å². The van der Waals surface area contributed by atoms with Crippen LogP contribution < -0.4 is 5.32 Å². The molecule has 0 fully saturated rings. The van der Waals surface area contributed by atoms with Gasteiger partial charge in [-0.2, -0.15) is 0 Å². The second kappa shape index (κ2) is 7.36. The summed E-state index contributed by atoms with van der Waals surface area (Å²) in [4.78, 5) is 13.7. The molecule has 1 N–H and O–H groups in total. The van der Waals surface area contributed by atoms with E-state index < -0.39 is 0 Å². The van der Waals surface area contributed by atoms with Crippen molar-refractivity contribution in [3.8, 4) is 11.5 Å². The molecule has 0 aliphatic heterocycles. The van der Waals surface area contributed by atoms with Crippen LogP contribution in [0.15, 0.2) is 52.9 Å². The number of carbonyl (C=O) groups excluding carboxylic acids is 1. The predicted molar refractivity (Wildman–Crippen MR) is 96.4 cm³/mol. The number of aryl methyl sites for hydroxylation is 1. The maximum atomic E-state index is 12.3. The van der Waals surface area contributed by atoms with E-state index in [9.17, 15) is 4.79 Å². The number of aromatic nitrogens is 2. The summed E-state index contributed by atoms with van der Waals surface area (Å²) in [5, 5.41) is 11.4. The largest absolute Gasteiger partial charge is 0.419 e. The summed E-state index contributed by atoms with van der Waals surface area (Å²) in [5.41, 5.74) is 2.41. The Kier molecular flexibility index (Phi) is 5.00. The Morgan fingerprint density at radius 1 is 1.20 bits per heavy atom. The number of nitrogens with one attached hydrogen (secondary N) is 1. The normalized spacial score (nSPS) is 10.5. The van der Waals surface area contributed by atoms with Gasteiger partial charge in [0.2, 0.25) is 11.8 Å². The van der Waals surface area contributed by atoms with Crippen LogP contribution in [0.4, 0.5) is 10.5 Å². The number of hydrogen-bond acceptors (Lipinski definition) is 4. The lowest BCUT2D eigenvalue weighted by Gasteiger charge is -2.16. The minimum atomic E-state index is -0.292. The van der Waals surface area contributed by atoms with E-state index in [1.54, 1.807) is 19.2 Å². The zero-order valence-corrected chi connectivity index (χ0v) is 14.6. The average molecular weight is 357 g/mol. The van der Waals surface area contributed by atoms with Crippen LogP contribution in [0.25, 0.3) is 11.5 Å². The average Bonchev–Trinajstić information content (AvgIpc) is 3.07. The van der Waals surface area contributed by atoms with E-state index in [4.69, 9.17) is 16.0 Å². The molecule has 0 aliphatic carbocycles. The van der Waals surface area contributed by atoms with E-state index in [-0.39, 0.29) is 12.6 Å². The van der Waals surface area contributed by atoms with Crippen LogP contribution in [0.3, 0.4) is 0 Å². The fourth-order valence-corrected chi connectivity index (χ4v) is 2.36. The molecule has 3 aromatic rings. The van der Waals surface area contributed by atoms with Gasteiger partial charge in [-0.3, -0.25) is 0 Å². The molecule has 1 heterocycles. The summed E-state index contributed by atoms with van der Waals surface area (Å²) >= 11 is 6.07. The van der Waals surface area contributed by atoms with Crippen molar-refractivity contribution >= 4 is 23.3 Å². The number of benzene rings is 2. The van der Waals surface area contributed by atoms with Crippen molar-refractivity contribution in [2.24, 2.45) is 0 Å². The number of carbonyl (C=O) groups is 1. The molecule has 0 atom stereocenters. The number of urea groups is 1. The van der Waals surface area contributed by atoms with Crippen LogP contribution in [0.5, 0.6) is 0 Å². The molecule has 0 saturated carbocycles. The molecule has 1 aromatic heterocycles. The number of nitrogens with zero attached hydrogens (tertiary/aromatic N) is 3. The summed E-state index contributed by atoms with van der Waals surface area (Å²) < 4.78 is 5.61. The Hall–Kier alpha value is -2.86. The molecule has 6 nitrogen and oxygen atoms in total. The molecule has 0 unspecified atom stereocenters. The highest BCUT2D eigenvalue weighted by atomic mass is 35.5. The molecule has 3 rings (SSSR count). The standard InChI is InChI=1S/C18H17ClN4O2/c1-12-8-9-14(10-15(12)19)20-18(24)23(2)11-16-21-22-17(25-16)13-6-4-3-5-7-13/h3-10H,11H2,1-2H3,(H,20,24). The third-order valence-electron chi connectivity index (χ3n) is 3.63. The second-order valence-corrected chi connectivity index (χ2v) is 6.02. The van der Waals surface area contributed by atoms with Crippen molar-refractivity contribution in [2.75, 3.05) is 12.4 Å². The van der Waals surface area contributed by atoms with E-state index in [1.165, 1.54) is 4.90 Å². The molecule has 0 spiro atoms. The third-order valence-corrected chi connectivity index (χ3v) is 4.04. The fraction of sp³-hybridized carbons (Fsp3) is 0.167. The first-order chi connectivity index (χ1) is 12.0. The Labute approximate surface area is 150 Å². The van der Waals surface area contributed by atoms with E-state index in [0.29, 0.717) is 22.5 Å². The molecule has 0 radical (unpaired) electrons. The molecule has 0 aliphatic rings. The Balaban J connectivity index is 1.63. The SMILES string of the molecule is Cc1ccc(NC(=O)N(C)Cc2nnc(-c3ccccc3)o2)cc1Cl. The number of anilines is 1. The molecular weight excluding hydrogens is 340 g/mol. The maximum Gasteiger partial charge on any atom is 0.322 e. The monoisotopic (exact) mass is 356 g/mol. The summed E-state index contributed by atoms with van der Waals surface area (Å²) in [6, 6.07) is 14.5. The topological polar surface area (TPSA) is 71.3 Å². The van der Waals surface area contributed by atoms with E-state index in [0.717, 1.165) is 11.1 Å². The molecule has 2 aromatic carbocycles.